The summed E-state index contributed by atoms with van der Waals surface area (Å²) in [6.45, 7) is 1.90. The van der Waals surface area contributed by atoms with E-state index in [2.05, 4.69) is 38.6 Å². The Morgan fingerprint density at radius 3 is 2.72 bits per heavy atom. The zero-order valence-electron chi connectivity index (χ0n) is 17.4. The van der Waals surface area contributed by atoms with Crippen LogP contribution in [0.5, 0.6) is 0 Å². The van der Waals surface area contributed by atoms with Gasteiger partial charge in [-0.05, 0) is 34.9 Å². The molecule has 0 aliphatic heterocycles. The van der Waals surface area contributed by atoms with Crippen molar-refractivity contribution in [3.05, 3.63) is 65.2 Å². The number of nitrogens with one attached hydrogen (secondary N) is 1. The number of imidazole rings is 1. The van der Waals surface area contributed by atoms with Crippen molar-refractivity contribution in [3.8, 4) is 28.4 Å². The van der Waals surface area contributed by atoms with Gasteiger partial charge in [-0.25, -0.2) is 4.98 Å². The minimum atomic E-state index is -0.224. The number of fused-ring (bicyclic) bond motifs is 1. The minimum absolute atomic E-state index is 0.224. The Bertz CT molecular complexity index is 1370. The van der Waals surface area contributed by atoms with Crippen LogP contribution in [-0.2, 0) is 13.0 Å². The van der Waals surface area contributed by atoms with Crippen molar-refractivity contribution in [3.63, 3.8) is 0 Å². The van der Waals surface area contributed by atoms with Gasteiger partial charge in [-0.1, -0.05) is 55.3 Å². The summed E-state index contributed by atoms with van der Waals surface area (Å²) < 4.78 is 7.96. The van der Waals surface area contributed by atoms with Crippen LogP contribution < -0.4 is 0 Å². The number of aliphatic hydroxyl groups excluding tert-OH is 1. The van der Waals surface area contributed by atoms with Crippen molar-refractivity contribution in [1.29, 1.82) is 0 Å². The zero-order chi connectivity index (χ0) is 22.1. The molecule has 3 heterocycles. The van der Waals surface area contributed by atoms with E-state index >= 15 is 0 Å². The van der Waals surface area contributed by atoms with Gasteiger partial charge in [-0.3, -0.25) is 4.57 Å². The van der Waals surface area contributed by atoms with Gasteiger partial charge in [0.1, 0.15) is 11.4 Å². The van der Waals surface area contributed by atoms with E-state index in [0.29, 0.717) is 22.6 Å². The summed E-state index contributed by atoms with van der Waals surface area (Å²) in [6.07, 6.45) is 2.74. The van der Waals surface area contributed by atoms with Gasteiger partial charge in [-0.2, -0.15) is 5.21 Å². The van der Waals surface area contributed by atoms with Gasteiger partial charge in [-0.15, -0.1) is 10.2 Å². The highest BCUT2D eigenvalue weighted by molar-refractivity contribution is 6.30. The average Bonchev–Trinajstić information content (AvgIpc) is 3.55. The van der Waals surface area contributed by atoms with Gasteiger partial charge < -0.3 is 9.52 Å². The third-order valence-electron chi connectivity index (χ3n) is 5.45. The number of aryl methyl sites for hydroxylation is 1. The molecule has 5 rings (SSSR count). The van der Waals surface area contributed by atoms with Crippen LogP contribution in [0.2, 0.25) is 5.15 Å². The summed E-state index contributed by atoms with van der Waals surface area (Å²) in [5.74, 6) is 1.90. The lowest BCUT2D eigenvalue weighted by Crippen LogP contribution is -2.04. The highest BCUT2D eigenvalue weighted by Gasteiger charge is 2.20. The molecule has 0 radical (unpaired) electrons. The van der Waals surface area contributed by atoms with E-state index in [9.17, 15) is 5.11 Å². The zero-order valence-corrected chi connectivity index (χ0v) is 18.2. The van der Waals surface area contributed by atoms with E-state index in [4.69, 9.17) is 16.0 Å². The molecule has 0 saturated carbocycles. The van der Waals surface area contributed by atoms with Crippen LogP contribution in [0.3, 0.4) is 0 Å². The monoisotopic (exact) mass is 448 g/mol. The van der Waals surface area contributed by atoms with Crippen molar-refractivity contribution >= 4 is 22.6 Å². The van der Waals surface area contributed by atoms with Crippen molar-refractivity contribution < 1.29 is 9.52 Å². The molecule has 162 valence electrons. The molecular formula is C23H21ClN6O2. The minimum Gasteiger partial charge on any atom is -0.440 e. The number of rotatable bonds is 7. The molecule has 0 aliphatic carbocycles. The quantitative estimate of drug-likeness (QED) is 0.364. The van der Waals surface area contributed by atoms with Gasteiger partial charge in [0.25, 0.3) is 0 Å². The van der Waals surface area contributed by atoms with Crippen molar-refractivity contribution in [1.82, 2.24) is 30.2 Å². The number of unbranched alkanes of at least 4 members (excludes halogenated alkanes) is 1. The molecular weight excluding hydrogens is 428 g/mol. The first-order valence-corrected chi connectivity index (χ1v) is 10.8. The second-order valence-corrected chi connectivity index (χ2v) is 7.84. The maximum atomic E-state index is 9.88. The van der Waals surface area contributed by atoms with Crippen molar-refractivity contribution in [2.45, 2.75) is 32.8 Å². The molecule has 0 aliphatic rings. The first-order chi connectivity index (χ1) is 15.7. The Hall–Kier alpha value is -3.49. The number of tetrazole rings is 1. The summed E-state index contributed by atoms with van der Waals surface area (Å²) in [7, 11) is 0. The van der Waals surface area contributed by atoms with Crippen LogP contribution in [0.25, 0.3) is 39.4 Å². The maximum Gasteiger partial charge on any atom is 0.206 e. The van der Waals surface area contributed by atoms with Crippen LogP contribution in [-0.4, -0.2) is 35.3 Å². The number of benzene rings is 2. The van der Waals surface area contributed by atoms with E-state index < -0.39 is 0 Å². The molecule has 9 heteroatoms. The van der Waals surface area contributed by atoms with Gasteiger partial charge in [0.15, 0.2) is 5.15 Å². The van der Waals surface area contributed by atoms with Crippen LogP contribution in [0.4, 0.5) is 0 Å². The van der Waals surface area contributed by atoms with Crippen molar-refractivity contribution in [2.24, 2.45) is 0 Å². The lowest BCUT2D eigenvalue weighted by atomic mass is 9.98. The lowest BCUT2D eigenvalue weighted by molar-refractivity contribution is 0.273. The third-order valence-corrected chi connectivity index (χ3v) is 5.75. The highest BCUT2D eigenvalue weighted by Crippen LogP contribution is 2.34. The van der Waals surface area contributed by atoms with E-state index in [1.54, 1.807) is 0 Å². The normalized spacial score (nSPS) is 11.5. The largest absolute Gasteiger partial charge is 0.440 e. The Labute approximate surface area is 188 Å². The smallest absolute Gasteiger partial charge is 0.206 e. The number of aromatic amines is 1. The number of aromatic nitrogens is 6. The Balaban J connectivity index is 1.60. The molecule has 2 aromatic carbocycles. The van der Waals surface area contributed by atoms with Crippen molar-refractivity contribution in [2.75, 3.05) is 0 Å². The molecule has 3 aromatic heterocycles. The summed E-state index contributed by atoms with van der Waals surface area (Å²) in [5, 5.41) is 25.5. The summed E-state index contributed by atoms with van der Waals surface area (Å²) in [4.78, 5) is 4.46. The van der Waals surface area contributed by atoms with Gasteiger partial charge in [0.2, 0.25) is 11.7 Å². The molecule has 32 heavy (non-hydrogen) atoms. The van der Waals surface area contributed by atoms with Crippen LogP contribution in [0.1, 0.15) is 31.3 Å². The second kappa shape index (κ2) is 8.57. The van der Waals surface area contributed by atoms with E-state index in [0.717, 1.165) is 52.7 Å². The first kappa shape index (κ1) is 20.4. The molecule has 2 N–H and O–H groups in total. The highest BCUT2D eigenvalue weighted by atomic mass is 35.5. The number of aliphatic hydroxyl groups is 1. The number of hydrogen-bond acceptors (Lipinski definition) is 6. The van der Waals surface area contributed by atoms with Gasteiger partial charge in [0, 0.05) is 23.4 Å². The lowest BCUT2D eigenvalue weighted by Gasteiger charge is -2.07. The maximum absolute atomic E-state index is 9.88. The number of halogens is 1. The molecule has 0 amide bonds. The van der Waals surface area contributed by atoms with Gasteiger partial charge in [0.05, 0.1) is 12.3 Å². The Kier molecular flexibility index (Phi) is 5.46. The van der Waals surface area contributed by atoms with Crippen LogP contribution >= 0.6 is 11.6 Å². The fourth-order valence-electron chi connectivity index (χ4n) is 3.89. The number of nitrogens with zero attached hydrogens (tertiary/aromatic N) is 5. The predicted molar refractivity (Wildman–Crippen MR) is 121 cm³/mol. The summed E-state index contributed by atoms with van der Waals surface area (Å²) >= 11 is 6.30. The fourth-order valence-corrected chi connectivity index (χ4v) is 4.13. The molecule has 5 aromatic rings. The first-order valence-electron chi connectivity index (χ1n) is 10.4. The second-order valence-electron chi connectivity index (χ2n) is 7.48. The number of H-pyrrole nitrogens is 1. The average molecular weight is 449 g/mol. The number of furan rings is 1. The number of hydrogen-bond donors (Lipinski definition) is 2. The van der Waals surface area contributed by atoms with E-state index in [1.807, 2.05) is 47.0 Å². The van der Waals surface area contributed by atoms with Gasteiger partial charge >= 0.3 is 0 Å². The van der Waals surface area contributed by atoms with E-state index in [-0.39, 0.29) is 6.61 Å². The topological polar surface area (TPSA) is 106 Å². The molecule has 0 unspecified atom stereocenters. The van der Waals surface area contributed by atoms with Crippen LogP contribution in [0.15, 0.2) is 52.9 Å². The van der Waals surface area contributed by atoms with Crippen LogP contribution in [0, 0.1) is 0 Å². The Morgan fingerprint density at radius 2 is 1.97 bits per heavy atom. The molecule has 0 spiro atoms. The predicted octanol–water partition coefficient (Wildman–Crippen LogP) is 4.95. The summed E-state index contributed by atoms with van der Waals surface area (Å²) in [5.41, 5.74) is 4.14. The molecule has 0 fully saturated rings. The standard InChI is InChI=1S/C23H21ClN6O2/c1-2-3-8-20-25-22(24)18(13-31)30(20)21-12-15-11-14(9-10-19(15)32-21)16-6-4-5-7-17(16)23-26-28-29-27-23/h4-7,9-12,31H,2-3,8,13H2,1H3,(H,26,27,28,29). The van der Waals surface area contributed by atoms with E-state index in [1.165, 1.54) is 0 Å². The SMILES string of the molecule is CCCCc1nc(Cl)c(CO)n1-c1cc2cc(-c3ccccc3-c3nn[nH]n3)ccc2o1. The molecule has 0 saturated heterocycles. The molecule has 0 bridgehead atoms. The summed E-state index contributed by atoms with van der Waals surface area (Å²) in [6, 6.07) is 15.9. The molecule has 8 nitrogen and oxygen atoms in total. The Morgan fingerprint density at radius 1 is 1.12 bits per heavy atom. The third kappa shape index (κ3) is 3.57. The molecule has 0 atom stereocenters. The fraction of sp³-hybridized carbons (Fsp3) is 0.217.